The zero-order valence-corrected chi connectivity index (χ0v) is 13.3. The van der Waals surface area contributed by atoms with Gasteiger partial charge in [-0.25, -0.2) is 4.39 Å². The van der Waals surface area contributed by atoms with Crippen molar-refractivity contribution in [1.29, 1.82) is 0 Å². The summed E-state index contributed by atoms with van der Waals surface area (Å²) in [4.78, 5) is 14.3. The van der Waals surface area contributed by atoms with Crippen molar-refractivity contribution >= 4 is 17.5 Å². The monoisotopic (exact) mass is 338 g/mol. The Balaban J connectivity index is 1.78. The third-order valence-electron chi connectivity index (χ3n) is 3.88. The van der Waals surface area contributed by atoms with Gasteiger partial charge in [0.15, 0.2) is 0 Å². The van der Waals surface area contributed by atoms with Gasteiger partial charge in [-0.2, -0.15) is 0 Å². The van der Waals surface area contributed by atoms with Gasteiger partial charge in [0.1, 0.15) is 23.7 Å². The summed E-state index contributed by atoms with van der Waals surface area (Å²) < 4.78 is 23.9. The molecule has 122 valence electrons. The van der Waals surface area contributed by atoms with E-state index in [2.05, 4.69) is 5.16 Å². The maximum atomic E-state index is 13.3. The molecule has 1 fully saturated rings. The Bertz CT molecular complexity index is 719. The van der Waals surface area contributed by atoms with E-state index in [1.807, 2.05) is 6.92 Å². The Kier molecular flexibility index (Phi) is 4.63. The van der Waals surface area contributed by atoms with E-state index in [1.54, 1.807) is 11.0 Å². The Morgan fingerprint density at radius 2 is 2.35 bits per heavy atom. The Morgan fingerprint density at radius 1 is 1.52 bits per heavy atom. The van der Waals surface area contributed by atoms with Crippen LogP contribution in [0.1, 0.15) is 34.6 Å². The van der Waals surface area contributed by atoms with Crippen LogP contribution in [0.25, 0.3) is 0 Å². The lowest BCUT2D eigenvalue weighted by Crippen LogP contribution is -2.42. The molecule has 2 heterocycles. The second-order valence-electron chi connectivity index (χ2n) is 5.31. The lowest BCUT2D eigenvalue weighted by Gasteiger charge is -2.33. The number of rotatable bonds is 3. The van der Waals surface area contributed by atoms with Gasteiger partial charge in [0.05, 0.1) is 23.9 Å². The number of aromatic nitrogens is 1. The smallest absolute Gasteiger partial charge is 0.259 e. The standard InChI is InChI=1S/C16H16ClFN2O3/c1-2-14-11(9-23-19-14)16(21)20-5-6-22-15(8-20)10-3-4-13(18)12(17)7-10/h3-4,7,9,15H,2,5-6,8H2,1H3. The number of halogens is 2. The molecule has 1 unspecified atom stereocenters. The van der Waals surface area contributed by atoms with Gasteiger partial charge in [0.2, 0.25) is 0 Å². The quantitative estimate of drug-likeness (QED) is 0.862. The van der Waals surface area contributed by atoms with Crippen molar-refractivity contribution in [2.45, 2.75) is 19.4 Å². The number of morpholine rings is 1. The minimum Gasteiger partial charge on any atom is -0.370 e. The highest BCUT2D eigenvalue weighted by molar-refractivity contribution is 6.30. The molecule has 0 spiro atoms. The molecule has 0 radical (unpaired) electrons. The summed E-state index contributed by atoms with van der Waals surface area (Å²) in [5.41, 5.74) is 1.86. The van der Waals surface area contributed by atoms with E-state index in [0.717, 1.165) is 5.56 Å². The van der Waals surface area contributed by atoms with E-state index in [4.69, 9.17) is 20.9 Å². The number of amides is 1. The fourth-order valence-electron chi connectivity index (χ4n) is 2.61. The third kappa shape index (κ3) is 3.23. The van der Waals surface area contributed by atoms with Gasteiger partial charge in [-0.1, -0.05) is 29.7 Å². The first-order valence-electron chi connectivity index (χ1n) is 7.39. The number of carbonyl (C=O) groups is 1. The van der Waals surface area contributed by atoms with Crippen LogP contribution in [-0.2, 0) is 11.2 Å². The van der Waals surface area contributed by atoms with Crippen LogP contribution >= 0.6 is 11.6 Å². The molecule has 1 aromatic heterocycles. The van der Waals surface area contributed by atoms with E-state index >= 15 is 0 Å². The van der Waals surface area contributed by atoms with E-state index in [0.29, 0.717) is 37.4 Å². The minimum atomic E-state index is -0.476. The summed E-state index contributed by atoms with van der Waals surface area (Å²) >= 11 is 5.82. The Labute approximate surface area is 138 Å². The first kappa shape index (κ1) is 16.0. The fraction of sp³-hybridized carbons (Fsp3) is 0.375. The second-order valence-corrected chi connectivity index (χ2v) is 5.72. The predicted molar refractivity (Wildman–Crippen MR) is 81.9 cm³/mol. The van der Waals surface area contributed by atoms with Crippen LogP contribution in [0.5, 0.6) is 0 Å². The maximum absolute atomic E-state index is 13.3. The van der Waals surface area contributed by atoms with Gasteiger partial charge in [0.25, 0.3) is 5.91 Å². The van der Waals surface area contributed by atoms with E-state index in [9.17, 15) is 9.18 Å². The maximum Gasteiger partial charge on any atom is 0.259 e. The topological polar surface area (TPSA) is 55.6 Å². The zero-order valence-electron chi connectivity index (χ0n) is 12.6. The van der Waals surface area contributed by atoms with Crippen LogP contribution in [0, 0.1) is 5.82 Å². The van der Waals surface area contributed by atoms with Gasteiger partial charge < -0.3 is 14.2 Å². The molecular formula is C16H16ClFN2O3. The molecule has 0 saturated carbocycles. The summed E-state index contributed by atoms with van der Waals surface area (Å²) in [6, 6.07) is 4.46. The van der Waals surface area contributed by atoms with Crippen LogP contribution in [0.3, 0.4) is 0 Å². The fourth-order valence-corrected chi connectivity index (χ4v) is 2.80. The number of benzene rings is 1. The Morgan fingerprint density at radius 3 is 3.09 bits per heavy atom. The number of aryl methyl sites for hydroxylation is 1. The van der Waals surface area contributed by atoms with Gasteiger partial charge in [0, 0.05) is 6.54 Å². The van der Waals surface area contributed by atoms with Crippen molar-refractivity contribution in [2.75, 3.05) is 19.7 Å². The molecule has 23 heavy (non-hydrogen) atoms. The lowest BCUT2D eigenvalue weighted by molar-refractivity contribution is -0.0229. The molecule has 1 atom stereocenters. The van der Waals surface area contributed by atoms with Gasteiger partial charge in [-0.15, -0.1) is 0 Å². The zero-order chi connectivity index (χ0) is 16.4. The van der Waals surface area contributed by atoms with Crippen molar-refractivity contribution in [2.24, 2.45) is 0 Å². The largest absolute Gasteiger partial charge is 0.370 e. The predicted octanol–water partition coefficient (Wildman–Crippen LogP) is 3.24. The van der Waals surface area contributed by atoms with Crippen LogP contribution in [0.15, 0.2) is 29.0 Å². The van der Waals surface area contributed by atoms with E-state index in [1.165, 1.54) is 18.4 Å². The summed E-state index contributed by atoms with van der Waals surface area (Å²) in [6.07, 6.45) is 1.66. The second kappa shape index (κ2) is 6.68. The number of carbonyl (C=O) groups excluding carboxylic acids is 1. The van der Waals surface area contributed by atoms with Gasteiger partial charge in [-0.05, 0) is 24.1 Å². The van der Waals surface area contributed by atoms with Crippen LogP contribution in [0.2, 0.25) is 5.02 Å². The van der Waals surface area contributed by atoms with E-state index < -0.39 is 5.82 Å². The first-order chi connectivity index (χ1) is 11.1. The number of hydrogen-bond acceptors (Lipinski definition) is 4. The number of nitrogens with zero attached hydrogens (tertiary/aromatic N) is 2. The molecular weight excluding hydrogens is 323 g/mol. The van der Waals surface area contributed by atoms with Crippen LogP contribution in [-0.4, -0.2) is 35.7 Å². The summed E-state index contributed by atoms with van der Waals surface area (Å²) in [6.45, 7) is 3.17. The minimum absolute atomic E-state index is 0.0434. The molecule has 1 aliphatic heterocycles. The van der Waals surface area contributed by atoms with Crippen molar-refractivity contribution in [3.05, 3.63) is 52.1 Å². The first-order valence-corrected chi connectivity index (χ1v) is 7.77. The molecule has 3 rings (SSSR count). The molecule has 2 aromatic rings. The highest BCUT2D eigenvalue weighted by Gasteiger charge is 2.28. The van der Waals surface area contributed by atoms with Crippen molar-refractivity contribution in [1.82, 2.24) is 10.1 Å². The highest BCUT2D eigenvalue weighted by Crippen LogP contribution is 2.27. The molecule has 0 N–H and O–H groups in total. The van der Waals surface area contributed by atoms with Crippen molar-refractivity contribution in [3.8, 4) is 0 Å². The number of ether oxygens (including phenoxy) is 1. The van der Waals surface area contributed by atoms with Crippen LogP contribution in [0.4, 0.5) is 4.39 Å². The van der Waals surface area contributed by atoms with E-state index in [-0.39, 0.29) is 17.0 Å². The Hall–Kier alpha value is -1.92. The normalized spacial score (nSPS) is 18.2. The molecule has 1 amide bonds. The third-order valence-corrected chi connectivity index (χ3v) is 4.17. The molecule has 1 aliphatic rings. The average Bonchev–Trinajstić information content (AvgIpc) is 3.05. The summed E-state index contributed by atoms with van der Waals surface area (Å²) in [5.74, 6) is -0.610. The lowest BCUT2D eigenvalue weighted by atomic mass is 10.1. The molecule has 7 heteroatoms. The molecule has 1 aromatic carbocycles. The van der Waals surface area contributed by atoms with Crippen LogP contribution < -0.4 is 0 Å². The van der Waals surface area contributed by atoms with Crippen molar-refractivity contribution < 1.29 is 18.4 Å². The molecule has 0 aliphatic carbocycles. The van der Waals surface area contributed by atoms with Crippen molar-refractivity contribution in [3.63, 3.8) is 0 Å². The average molecular weight is 339 g/mol. The number of hydrogen-bond donors (Lipinski definition) is 0. The van der Waals surface area contributed by atoms with Gasteiger partial charge >= 0.3 is 0 Å². The molecule has 0 bridgehead atoms. The summed E-state index contributed by atoms with van der Waals surface area (Å²) in [7, 11) is 0. The highest BCUT2D eigenvalue weighted by atomic mass is 35.5. The molecule has 5 nitrogen and oxygen atoms in total. The SMILES string of the molecule is CCc1nocc1C(=O)N1CCOC(c2ccc(F)c(Cl)c2)C1. The molecule has 1 saturated heterocycles. The van der Waals surface area contributed by atoms with Gasteiger partial charge in [-0.3, -0.25) is 4.79 Å². The summed E-state index contributed by atoms with van der Waals surface area (Å²) in [5, 5.41) is 3.88.